The van der Waals surface area contributed by atoms with Gasteiger partial charge < -0.3 is 25.4 Å². The first-order chi connectivity index (χ1) is 15.7. The molecule has 0 aliphatic carbocycles. The molecular weight excluding hydrogens is 454 g/mol. The number of carbonyl (C=O) groups excluding carboxylic acids is 3. The van der Waals surface area contributed by atoms with Crippen molar-refractivity contribution >= 4 is 30.5 Å². The fourth-order valence-corrected chi connectivity index (χ4v) is 3.86. The summed E-state index contributed by atoms with van der Waals surface area (Å²) in [6.45, 7) is 14.5. The normalized spacial score (nSPS) is 14.2. The van der Waals surface area contributed by atoms with Crippen molar-refractivity contribution in [1.29, 1.82) is 0 Å². The van der Waals surface area contributed by atoms with Crippen molar-refractivity contribution in [1.82, 2.24) is 15.5 Å². The molecule has 8 nitrogen and oxygen atoms in total. The van der Waals surface area contributed by atoms with E-state index in [0.29, 0.717) is 11.1 Å². The summed E-state index contributed by atoms with van der Waals surface area (Å²) in [4.78, 5) is 41.0. The third kappa shape index (κ3) is 8.74. The molecule has 1 aromatic carbocycles. The third-order valence-corrected chi connectivity index (χ3v) is 5.52. The lowest BCUT2D eigenvalue weighted by Crippen LogP contribution is -2.56. The third-order valence-electron chi connectivity index (χ3n) is 5.16. The smallest absolute Gasteiger partial charge is 0.408 e. The molecular formula is C25H41N3O5S. The van der Waals surface area contributed by atoms with Crippen LogP contribution in [-0.2, 0) is 14.3 Å². The van der Waals surface area contributed by atoms with Gasteiger partial charge in [-0.05, 0) is 78.1 Å². The molecule has 3 unspecified atom stereocenters. The van der Waals surface area contributed by atoms with Crippen molar-refractivity contribution in [3.8, 4) is 5.75 Å². The van der Waals surface area contributed by atoms with Crippen LogP contribution in [0.25, 0.3) is 0 Å². The Morgan fingerprint density at radius 3 is 2.24 bits per heavy atom. The fraction of sp³-hybridized carbons (Fsp3) is 0.640. The van der Waals surface area contributed by atoms with Gasteiger partial charge in [-0.2, -0.15) is 12.6 Å². The van der Waals surface area contributed by atoms with Crippen LogP contribution in [0.1, 0.15) is 78.5 Å². The molecule has 0 aromatic heterocycles. The maximum Gasteiger partial charge on any atom is 0.408 e. The number of hydrogen-bond acceptors (Lipinski definition) is 6. The molecule has 0 bridgehead atoms. The van der Waals surface area contributed by atoms with E-state index < -0.39 is 29.7 Å². The summed E-state index contributed by atoms with van der Waals surface area (Å²) in [7, 11) is 0. The largest absolute Gasteiger partial charge is 0.508 e. The zero-order valence-electron chi connectivity index (χ0n) is 21.6. The van der Waals surface area contributed by atoms with Crippen molar-refractivity contribution in [3.05, 3.63) is 29.3 Å². The lowest BCUT2D eigenvalue weighted by atomic mass is 9.98. The predicted octanol–water partition coefficient (Wildman–Crippen LogP) is 4.11. The molecule has 34 heavy (non-hydrogen) atoms. The summed E-state index contributed by atoms with van der Waals surface area (Å²) < 4.78 is 5.30. The Morgan fingerprint density at radius 1 is 1.15 bits per heavy atom. The van der Waals surface area contributed by atoms with E-state index >= 15 is 0 Å². The molecule has 0 saturated heterocycles. The van der Waals surface area contributed by atoms with Crippen LogP contribution >= 0.6 is 12.6 Å². The van der Waals surface area contributed by atoms with Gasteiger partial charge in [-0.1, -0.05) is 19.4 Å². The predicted molar refractivity (Wildman–Crippen MR) is 137 cm³/mol. The maximum atomic E-state index is 13.7. The number of phenolic OH excluding ortho intramolecular Hbond substituents is 1. The number of carbonyl (C=O) groups is 3. The molecule has 3 amide bonds. The molecule has 0 heterocycles. The summed E-state index contributed by atoms with van der Waals surface area (Å²) in [5.41, 5.74) is 0.423. The molecule has 3 N–H and O–H groups in total. The molecule has 1 aromatic rings. The number of nitrogens with zero attached hydrogens (tertiary/aromatic N) is 1. The molecule has 0 saturated carbocycles. The van der Waals surface area contributed by atoms with Gasteiger partial charge in [-0.3, -0.25) is 9.59 Å². The van der Waals surface area contributed by atoms with Crippen LogP contribution in [0.2, 0.25) is 0 Å². The van der Waals surface area contributed by atoms with Gasteiger partial charge in [0.2, 0.25) is 11.8 Å². The highest BCUT2D eigenvalue weighted by Gasteiger charge is 2.37. The summed E-state index contributed by atoms with van der Waals surface area (Å²) in [6.07, 6.45) is 0.961. The Kier molecular flexibility index (Phi) is 11.2. The van der Waals surface area contributed by atoms with Gasteiger partial charge in [0.1, 0.15) is 23.4 Å². The van der Waals surface area contributed by atoms with Crippen LogP contribution in [0.3, 0.4) is 0 Å². The fourth-order valence-electron chi connectivity index (χ4n) is 3.61. The van der Waals surface area contributed by atoms with Crippen molar-refractivity contribution < 1.29 is 24.2 Å². The van der Waals surface area contributed by atoms with E-state index in [1.165, 1.54) is 11.0 Å². The highest BCUT2D eigenvalue weighted by Crippen LogP contribution is 2.29. The number of amides is 3. The van der Waals surface area contributed by atoms with Crippen LogP contribution in [-0.4, -0.2) is 57.4 Å². The highest BCUT2D eigenvalue weighted by atomic mass is 32.1. The summed E-state index contributed by atoms with van der Waals surface area (Å²) >= 11 is 4.27. The van der Waals surface area contributed by atoms with Crippen molar-refractivity contribution in [2.75, 3.05) is 5.75 Å². The average molecular weight is 496 g/mol. The average Bonchev–Trinajstić information content (AvgIpc) is 2.70. The van der Waals surface area contributed by atoms with Crippen LogP contribution in [0.5, 0.6) is 5.75 Å². The minimum absolute atomic E-state index is 0.0243. The topological polar surface area (TPSA) is 108 Å². The number of ether oxygens (including phenoxy) is 1. The lowest BCUT2D eigenvalue weighted by Gasteiger charge is -2.37. The first-order valence-electron chi connectivity index (χ1n) is 11.7. The number of hydrogen-bond donors (Lipinski definition) is 4. The second-order valence-electron chi connectivity index (χ2n) is 9.87. The maximum absolute atomic E-state index is 13.7. The number of alkyl carbamates (subject to hydrolysis) is 1. The van der Waals surface area contributed by atoms with E-state index in [2.05, 4.69) is 23.3 Å². The SMILES string of the molecule is CCCC(C)NC(=O)C(c1ccc(O)c(C)c1)N(C(=O)C(CS)NC(=O)OC(C)(C)C)C(C)C. The number of aryl methyl sites for hydroxylation is 1. The highest BCUT2D eigenvalue weighted by molar-refractivity contribution is 7.80. The Morgan fingerprint density at radius 2 is 1.76 bits per heavy atom. The minimum atomic E-state index is -0.998. The monoisotopic (exact) mass is 495 g/mol. The molecule has 0 fully saturated rings. The number of phenols is 1. The molecule has 192 valence electrons. The standard InChI is InChI=1S/C25H41N3O5S/c1-9-10-17(5)26-22(30)21(18-11-12-20(29)16(4)13-18)28(15(2)3)23(31)19(14-34)27-24(32)33-25(6,7)8/h11-13,15,17,19,21,29,34H,9-10,14H2,1-8H3,(H,26,30)(H,27,32). The summed E-state index contributed by atoms with van der Waals surface area (Å²) in [5, 5.41) is 15.6. The summed E-state index contributed by atoms with van der Waals surface area (Å²) in [6, 6.07) is 2.43. The van der Waals surface area contributed by atoms with Crippen LogP contribution < -0.4 is 10.6 Å². The minimum Gasteiger partial charge on any atom is -0.508 e. The van der Waals surface area contributed by atoms with Crippen LogP contribution in [0.4, 0.5) is 4.79 Å². The van der Waals surface area contributed by atoms with Gasteiger partial charge in [0.15, 0.2) is 0 Å². The van der Waals surface area contributed by atoms with E-state index in [1.807, 2.05) is 27.7 Å². The van der Waals surface area contributed by atoms with Crippen molar-refractivity contribution in [2.24, 2.45) is 0 Å². The molecule has 0 radical (unpaired) electrons. The first kappa shape index (κ1) is 29.6. The van der Waals surface area contributed by atoms with Gasteiger partial charge in [0, 0.05) is 17.8 Å². The molecule has 0 spiro atoms. The molecule has 3 atom stereocenters. The van der Waals surface area contributed by atoms with Gasteiger partial charge in [-0.25, -0.2) is 4.79 Å². The van der Waals surface area contributed by atoms with Gasteiger partial charge >= 0.3 is 6.09 Å². The van der Waals surface area contributed by atoms with Crippen LogP contribution in [0.15, 0.2) is 18.2 Å². The number of benzene rings is 1. The number of rotatable bonds is 10. The van der Waals surface area contributed by atoms with E-state index in [1.54, 1.807) is 39.8 Å². The Balaban J connectivity index is 3.41. The van der Waals surface area contributed by atoms with Gasteiger partial charge in [0.25, 0.3) is 0 Å². The lowest BCUT2D eigenvalue weighted by molar-refractivity contribution is -0.144. The van der Waals surface area contributed by atoms with Crippen molar-refractivity contribution in [2.45, 2.75) is 98.0 Å². The zero-order chi connectivity index (χ0) is 26.2. The van der Waals surface area contributed by atoms with Crippen molar-refractivity contribution in [3.63, 3.8) is 0 Å². The Bertz CT molecular complexity index is 853. The molecule has 0 aliphatic heterocycles. The second kappa shape index (κ2) is 12.9. The van der Waals surface area contributed by atoms with E-state index in [0.717, 1.165) is 12.8 Å². The van der Waals surface area contributed by atoms with E-state index in [4.69, 9.17) is 4.74 Å². The second-order valence-corrected chi connectivity index (χ2v) is 10.2. The number of thiol groups is 1. The number of nitrogens with one attached hydrogen (secondary N) is 2. The molecule has 0 aliphatic rings. The van der Waals surface area contributed by atoms with Gasteiger partial charge in [0.05, 0.1) is 0 Å². The van der Waals surface area contributed by atoms with Crippen LogP contribution in [0, 0.1) is 6.92 Å². The Hall–Kier alpha value is -2.42. The molecule has 9 heteroatoms. The quantitative estimate of drug-likeness (QED) is 0.366. The van der Waals surface area contributed by atoms with E-state index in [-0.39, 0.29) is 29.5 Å². The Labute approximate surface area is 209 Å². The van der Waals surface area contributed by atoms with E-state index in [9.17, 15) is 19.5 Å². The number of aromatic hydroxyl groups is 1. The molecule has 1 rings (SSSR count). The summed E-state index contributed by atoms with van der Waals surface area (Å²) in [5.74, 6) is -0.658. The first-order valence-corrected chi connectivity index (χ1v) is 12.4. The van der Waals surface area contributed by atoms with Gasteiger partial charge in [-0.15, -0.1) is 0 Å². The zero-order valence-corrected chi connectivity index (χ0v) is 22.5.